The van der Waals surface area contributed by atoms with E-state index in [1.165, 1.54) is 5.56 Å². The van der Waals surface area contributed by atoms with Crippen LogP contribution < -0.4 is 20.7 Å². The molecule has 0 aliphatic rings. The van der Waals surface area contributed by atoms with Gasteiger partial charge in [-0.25, -0.2) is 0 Å². The molecule has 0 saturated heterocycles. The molecule has 172 valence electrons. The fourth-order valence-electron chi connectivity index (χ4n) is 3.12. The van der Waals surface area contributed by atoms with Crippen LogP contribution in [0.25, 0.3) is 0 Å². The number of benzene rings is 3. The molecule has 0 radical (unpaired) electrons. The predicted octanol–water partition coefficient (Wildman–Crippen LogP) is 5.34. The molecular formula is C27H31N3O3. The fourth-order valence-corrected chi connectivity index (χ4v) is 3.12. The van der Waals surface area contributed by atoms with Crippen LogP contribution in [0.3, 0.4) is 0 Å². The van der Waals surface area contributed by atoms with Crippen molar-refractivity contribution in [1.82, 2.24) is 0 Å². The predicted molar refractivity (Wildman–Crippen MR) is 134 cm³/mol. The zero-order chi connectivity index (χ0) is 23.5. The first-order valence-electron chi connectivity index (χ1n) is 11.2. The summed E-state index contributed by atoms with van der Waals surface area (Å²) in [5.41, 5.74) is 3.51. The van der Waals surface area contributed by atoms with Gasteiger partial charge in [0.25, 0.3) is 0 Å². The van der Waals surface area contributed by atoms with Gasteiger partial charge < -0.3 is 20.7 Å². The molecule has 6 nitrogen and oxygen atoms in total. The van der Waals surface area contributed by atoms with Crippen molar-refractivity contribution < 1.29 is 14.3 Å². The summed E-state index contributed by atoms with van der Waals surface area (Å²) in [4.78, 5) is 24.1. The first-order valence-corrected chi connectivity index (χ1v) is 11.2. The second-order valence-electron chi connectivity index (χ2n) is 8.09. The quantitative estimate of drug-likeness (QED) is 0.348. The molecule has 0 aromatic heterocycles. The average molecular weight is 446 g/mol. The van der Waals surface area contributed by atoms with Crippen LogP contribution in [0.4, 0.5) is 17.1 Å². The summed E-state index contributed by atoms with van der Waals surface area (Å²) in [5.74, 6) is 0.462. The zero-order valence-corrected chi connectivity index (χ0v) is 19.1. The van der Waals surface area contributed by atoms with Crippen LogP contribution >= 0.6 is 0 Å². The van der Waals surface area contributed by atoms with E-state index in [1.807, 2.05) is 68.4 Å². The number of hydrogen-bond donors (Lipinski definition) is 3. The molecule has 0 atom stereocenters. The molecule has 33 heavy (non-hydrogen) atoms. The maximum absolute atomic E-state index is 12.3. The number of anilines is 3. The highest BCUT2D eigenvalue weighted by Crippen LogP contribution is 2.18. The van der Waals surface area contributed by atoms with Crippen LogP contribution in [-0.2, 0) is 16.0 Å². The van der Waals surface area contributed by atoms with Gasteiger partial charge in [0.2, 0.25) is 11.8 Å². The van der Waals surface area contributed by atoms with Gasteiger partial charge >= 0.3 is 0 Å². The lowest BCUT2D eigenvalue weighted by Gasteiger charge is -2.11. The van der Waals surface area contributed by atoms with Gasteiger partial charge in [0.1, 0.15) is 5.75 Å². The van der Waals surface area contributed by atoms with E-state index < -0.39 is 0 Å². The minimum Gasteiger partial charge on any atom is -0.494 e. The van der Waals surface area contributed by atoms with E-state index >= 15 is 0 Å². The van der Waals surface area contributed by atoms with Crippen molar-refractivity contribution in [3.63, 3.8) is 0 Å². The summed E-state index contributed by atoms with van der Waals surface area (Å²) in [5, 5.41) is 8.80. The number of ether oxygens (including phenoxy) is 1. The Hall–Kier alpha value is -3.80. The van der Waals surface area contributed by atoms with E-state index in [0.717, 1.165) is 30.0 Å². The number of aryl methyl sites for hydroxylation is 1. The number of nitrogens with one attached hydrogen (secondary N) is 3. The Morgan fingerprint density at radius 2 is 1.55 bits per heavy atom. The van der Waals surface area contributed by atoms with Gasteiger partial charge in [0.05, 0.1) is 13.2 Å². The van der Waals surface area contributed by atoms with Crippen LogP contribution in [-0.4, -0.2) is 25.0 Å². The molecule has 2 amide bonds. The summed E-state index contributed by atoms with van der Waals surface area (Å²) in [7, 11) is 0. The highest BCUT2D eigenvalue weighted by molar-refractivity contribution is 5.94. The van der Waals surface area contributed by atoms with Crippen molar-refractivity contribution in [1.29, 1.82) is 0 Å². The van der Waals surface area contributed by atoms with Crippen molar-refractivity contribution in [3.8, 4) is 5.75 Å². The van der Waals surface area contributed by atoms with Crippen LogP contribution in [0.15, 0.2) is 78.9 Å². The third kappa shape index (κ3) is 8.33. The van der Waals surface area contributed by atoms with Crippen molar-refractivity contribution in [3.05, 3.63) is 84.4 Å². The third-order valence-corrected chi connectivity index (χ3v) is 4.97. The van der Waals surface area contributed by atoms with Gasteiger partial charge in [0, 0.05) is 29.0 Å². The first kappa shape index (κ1) is 23.9. The molecule has 0 saturated carbocycles. The van der Waals surface area contributed by atoms with Gasteiger partial charge in [0.15, 0.2) is 0 Å². The van der Waals surface area contributed by atoms with Gasteiger partial charge in [-0.05, 0) is 54.8 Å². The number of carbonyl (C=O) groups is 2. The highest BCUT2D eigenvalue weighted by Gasteiger charge is 2.07. The molecule has 0 aliphatic heterocycles. The van der Waals surface area contributed by atoms with Crippen molar-refractivity contribution in [2.24, 2.45) is 5.92 Å². The molecule has 3 aromatic rings. The van der Waals surface area contributed by atoms with Crippen LogP contribution in [0.2, 0.25) is 0 Å². The van der Waals surface area contributed by atoms with Gasteiger partial charge in [-0.2, -0.15) is 0 Å². The van der Waals surface area contributed by atoms with E-state index in [2.05, 4.69) is 28.1 Å². The van der Waals surface area contributed by atoms with Crippen molar-refractivity contribution >= 4 is 28.9 Å². The monoisotopic (exact) mass is 445 g/mol. The van der Waals surface area contributed by atoms with E-state index in [0.29, 0.717) is 12.3 Å². The summed E-state index contributed by atoms with van der Waals surface area (Å²) in [6, 6.07) is 25.0. The Kier molecular flexibility index (Phi) is 8.88. The van der Waals surface area contributed by atoms with Crippen LogP contribution in [0, 0.1) is 5.92 Å². The summed E-state index contributed by atoms with van der Waals surface area (Å²) in [6.07, 6.45) is 1.89. The minimum absolute atomic E-state index is 0.0301. The van der Waals surface area contributed by atoms with E-state index in [4.69, 9.17) is 4.74 Å². The lowest BCUT2D eigenvalue weighted by atomic mass is 10.1. The maximum Gasteiger partial charge on any atom is 0.243 e. The number of amides is 2. The number of carbonyl (C=O) groups excluding carboxylic acids is 2. The Labute approximate surface area is 195 Å². The van der Waals surface area contributed by atoms with E-state index in [1.54, 1.807) is 12.1 Å². The molecule has 0 unspecified atom stereocenters. The Morgan fingerprint density at radius 1 is 0.818 bits per heavy atom. The average Bonchev–Trinajstić information content (AvgIpc) is 2.82. The smallest absolute Gasteiger partial charge is 0.243 e. The van der Waals surface area contributed by atoms with E-state index in [9.17, 15) is 9.59 Å². The SMILES string of the molecule is CC(C)C(=O)Nc1ccc(NCC(=O)Nc2cccc(OCCCc3ccccc3)c2)cc1. The summed E-state index contributed by atoms with van der Waals surface area (Å²) >= 11 is 0. The van der Waals surface area contributed by atoms with Crippen molar-refractivity contribution in [2.45, 2.75) is 26.7 Å². The van der Waals surface area contributed by atoms with Crippen LogP contribution in [0.1, 0.15) is 25.8 Å². The lowest BCUT2D eigenvalue weighted by Crippen LogP contribution is -2.21. The molecule has 6 heteroatoms. The summed E-state index contributed by atoms with van der Waals surface area (Å²) in [6.45, 7) is 4.43. The molecule has 0 heterocycles. The molecule has 0 spiro atoms. The van der Waals surface area contributed by atoms with Crippen LogP contribution in [0.5, 0.6) is 5.75 Å². The zero-order valence-electron chi connectivity index (χ0n) is 19.1. The minimum atomic E-state index is -0.159. The number of rotatable bonds is 11. The first-order chi connectivity index (χ1) is 16.0. The molecular weight excluding hydrogens is 414 g/mol. The normalized spacial score (nSPS) is 10.5. The third-order valence-electron chi connectivity index (χ3n) is 4.97. The Bertz CT molecular complexity index is 1030. The van der Waals surface area contributed by atoms with Gasteiger partial charge in [-0.15, -0.1) is 0 Å². The summed E-state index contributed by atoms with van der Waals surface area (Å²) < 4.78 is 5.84. The Balaban J connectivity index is 1.40. The standard InChI is InChI=1S/C27H31N3O3/c1-20(2)27(32)30-23-15-13-22(14-16-23)28-19-26(31)29-24-11-6-12-25(18-24)33-17-7-10-21-8-4-3-5-9-21/h3-6,8-9,11-16,18,20,28H,7,10,17,19H2,1-2H3,(H,29,31)(H,30,32). The second-order valence-corrected chi connectivity index (χ2v) is 8.09. The second kappa shape index (κ2) is 12.3. The molecule has 0 bridgehead atoms. The lowest BCUT2D eigenvalue weighted by molar-refractivity contribution is -0.119. The number of hydrogen-bond acceptors (Lipinski definition) is 4. The maximum atomic E-state index is 12.3. The molecule has 3 rings (SSSR count). The van der Waals surface area contributed by atoms with Gasteiger partial charge in [-0.3, -0.25) is 9.59 Å². The highest BCUT2D eigenvalue weighted by atomic mass is 16.5. The van der Waals surface area contributed by atoms with E-state index in [-0.39, 0.29) is 24.3 Å². The largest absolute Gasteiger partial charge is 0.494 e. The topological polar surface area (TPSA) is 79.5 Å². The molecule has 3 aromatic carbocycles. The van der Waals surface area contributed by atoms with Crippen molar-refractivity contribution in [2.75, 3.05) is 29.1 Å². The fraction of sp³-hybridized carbons (Fsp3) is 0.259. The Morgan fingerprint density at radius 3 is 2.27 bits per heavy atom. The molecule has 0 aliphatic carbocycles. The van der Waals surface area contributed by atoms with Gasteiger partial charge in [-0.1, -0.05) is 50.2 Å². The molecule has 0 fully saturated rings. The molecule has 3 N–H and O–H groups in total.